The summed E-state index contributed by atoms with van der Waals surface area (Å²) in [5.41, 5.74) is 2.76. The van der Waals surface area contributed by atoms with Gasteiger partial charge in [-0.25, -0.2) is 18.2 Å². The average Bonchev–Trinajstić information content (AvgIpc) is 3.55. The molecular weight excluding hydrogens is 569 g/mol. The van der Waals surface area contributed by atoms with Crippen molar-refractivity contribution in [2.45, 2.75) is 11.3 Å². The summed E-state index contributed by atoms with van der Waals surface area (Å²) in [5, 5.41) is 5.14. The van der Waals surface area contributed by atoms with E-state index in [-0.39, 0.29) is 22.0 Å². The molecule has 1 aromatic heterocycles. The maximum Gasteiger partial charge on any atom is 0.338 e. The first-order valence-electron chi connectivity index (χ1n) is 11.3. The first-order chi connectivity index (χ1) is 18.2. The third kappa shape index (κ3) is 5.25. The lowest BCUT2D eigenvalue weighted by molar-refractivity contribution is -0.119. The fraction of sp³-hybridized carbons (Fsp3) is 0.115. The van der Waals surface area contributed by atoms with Crippen molar-refractivity contribution < 1.29 is 22.7 Å². The molecule has 0 aliphatic carbocycles. The number of thiazole rings is 1. The summed E-state index contributed by atoms with van der Waals surface area (Å²) in [6.07, 6.45) is 0.572. The van der Waals surface area contributed by atoms with E-state index in [0.717, 1.165) is 17.2 Å². The van der Waals surface area contributed by atoms with Crippen molar-refractivity contribution in [2.24, 2.45) is 0 Å². The lowest BCUT2D eigenvalue weighted by atomic mass is 10.2. The Morgan fingerprint density at radius 2 is 1.79 bits per heavy atom. The van der Waals surface area contributed by atoms with E-state index in [1.54, 1.807) is 29.6 Å². The van der Waals surface area contributed by atoms with Crippen molar-refractivity contribution in [1.82, 2.24) is 4.98 Å². The van der Waals surface area contributed by atoms with Crippen molar-refractivity contribution >= 4 is 67.3 Å². The number of para-hydroxylation sites is 1. The van der Waals surface area contributed by atoms with Gasteiger partial charge in [0.05, 0.1) is 22.0 Å². The van der Waals surface area contributed by atoms with Gasteiger partial charge in [0.15, 0.2) is 11.7 Å². The molecule has 3 aromatic carbocycles. The van der Waals surface area contributed by atoms with Crippen LogP contribution in [0, 0.1) is 0 Å². The highest BCUT2D eigenvalue weighted by Crippen LogP contribution is 2.35. The zero-order valence-electron chi connectivity index (χ0n) is 19.6. The Hall–Kier alpha value is -3.44. The van der Waals surface area contributed by atoms with Gasteiger partial charge in [0.2, 0.25) is 0 Å². The summed E-state index contributed by atoms with van der Waals surface area (Å²) in [4.78, 5) is 29.1. The number of carbonyl (C=O) groups excluding carboxylic acids is 2. The fourth-order valence-electron chi connectivity index (χ4n) is 4.00. The van der Waals surface area contributed by atoms with Crippen molar-refractivity contribution in [3.8, 4) is 11.3 Å². The molecule has 12 heteroatoms. The maximum atomic E-state index is 13.4. The number of carbonyl (C=O) groups is 2. The third-order valence-corrected chi connectivity index (χ3v) is 9.20. The second kappa shape index (κ2) is 10.7. The van der Waals surface area contributed by atoms with Gasteiger partial charge in [-0.3, -0.25) is 14.4 Å². The van der Waals surface area contributed by atoms with Crippen LogP contribution in [0.4, 0.5) is 10.8 Å². The molecule has 0 radical (unpaired) electrons. The van der Waals surface area contributed by atoms with Crippen LogP contribution in [0.2, 0.25) is 10.0 Å². The van der Waals surface area contributed by atoms with Gasteiger partial charge >= 0.3 is 5.97 Å². The average molecular weight is 588 g/mol. The minimum Gasteiger partial charge on any atom is -0.452 e. The van der Waals surface area contributed by atoms with E-state index in [9.17, 15) is 18.0 Å². The van der Waals surface area contributed by atoms with E-state index in [4.69, 9.17) is 27.9 Å². The van der Waals surface area contributed by atoms with Gasteiger partial charge in [-0.2, -0.15) is 0 Å². The number of aromatic nitrogens is 1. The number of fused-ring (bicyclic) bond motifs is 1. The predicted octanol–water partition coefficient (Wildman–Crippen LogP) is 5.66. The van der Waals surface area contributed by atoms with Crippen LogP contribution in [0.1, 0.15) is 15.9 Å². The fourth-order valence-corrected chi connectivity index (χ4v) is 6.96. The first-order valence-corrected chi connectivity index (χ1v) is 14.4. The number of nitrogens with zero attached hydrogens (tertiary/aromatic N) is 2. The molecule has 0 bridgehead atoms. The number of rotatable bonds is 7. The van der Waals surface area contributed by atoms with Crippen LogP contribution in [-0.4, -0.2) is 38.4 Å². The van der Waals surface area contributed by atoms with Crippen LogP contribution >= 0.6 is 34.5 Å². The van der Waals surface area contributed by atoms with Gasteiger partial charge in [-0.1, -0.05) is 59.6 Å². The molecule has 0 atom stereocenters. The van der Waals surface area contributed by atoms with Crippen molar-refractivity contribution in [1.29, 1.82) is 0 Å². The molecule has 0 spiro atoms. The standard InChI is InChI=1S/C26H19Cl2N3O5S2/c27-19-7-3-2-6-18(19)21-15-37-26(29-21)30-24(32)14-36-25(33)17-9-10-20(28)23(13-17)38(34,35)31-12-11-16-5-1-4-8-22(16)31/h1-10,13,15H,11-12,14H2,(H,29,30,32). The molecule has 0 saturated heterocycles. The zero-order chi connectivity index (χ0) is 26.9. The number of ether oxygens (including phenoxy) is 1. The van der Waals surface area contributed by atoms with Crippen LogP contribution in [0.15, 0.2) is 77.0 Å². The molecule has 1 aliphatic heterocycles. The maximum absolute atomic E-state index is 13.4. The smallest absolute Gasteiger partial charge is 0.338 e. The largest absolute Gasteiger partial charge is 0.452 e. The van der Waals surface area contributed by atoms with Gasteiger partial charge < -0.3 is 4.74 Å². The van der Waals surface area contributed by atoms with Gasteiger partial charge in [0, 0.05) is 22.5 Å². The number of anilines is 2. The molecule has 1 aliphatic rings. The highest BCUT2D eigenvalue weighted by atomic mass is 35.5. The molecule has 1 amide bonds. The number of esters is 1. The highest BCUT2D eigenvalue weighted by molar-refractivity contribution is 7.93. The molecule has 1 N–H and O–H groups in total. The molecule has 194 valence electrons. The van der Waals surface area contributed by atoms with E-state index >= 15 is 0 Å². The highest BCUT2D eigenvalue weighted by Gasteiger charge is 2.32. The van der Waals surface area contributed by atoms with Gasteiger partial charge in [-0.05, 0) is 42.3 Å². The Morgan fingerprint density at radius 1 is 1.03 bits per heavy atom. The number of amides is 1. The van der Waals surface area contributed by atoms with Crippen LogP contribution in [0.3, 0.4) is 0 Å². The Labute approximate surface area is 232 Å². The Kier molecular flexibility index (Phi) is 7.40. The summed E-state index contributed by atoms with van der Waals surface area (Å²) in [7, 11) is -4.04. The molecule has 0 saturated carbocycles. The van der Waals surface area contributed by atoms with Crippen LogP contribution in [-0.2, 0) is 26.0 Å². The lowest BCUT2D eigenvalue weighted by Crippen LogP contribution is -2.29. The predicted molar refractivity (Wildman–Crippen MR) is 148 cm³/mol. The van der Waals surface area contributed by atoms with Crippen molar-refractivity contribution in [3.63, 3.8) is 0 Å². The third-order valence-electron chi connectivity index (χ3n) is 5.81. The van der Waals surface area contributed by atoms with Crippen molar-refractivity contribution in [3.05, 3.63) is 93.3 Å². The number of hydrogen-bond acceptors (Lipinski definition) is 7. The molecule has 4 aromatic rings. The normalized spacial score (nSPS) is 12.7. The lowest BCUT2D eigenvalue weighted by Gasteiger charge is -2.20. The number of hydrogen-bond donors (Lipinski definition) is 1. The Bertz CT molecular complexity index is 1660. The Balaban J connectivity index is 1.25. The van der Waals surface area contributed by atoms with E-state index in [2.05, 4.69) is 10.3 Å². The van der Waals surface area contributed by atoms with Gasteiger partial charge in [0.1, 0.15) is 4.90 Å². The quantitative estimate of drug-likeness (QED) is 0.279. The number of benzene rings is 3. The van der Waals surface area contributed by atoms with Crippen LogP contribution in [0.5, 0.6) is 0 Å². The first kappa shape index (κ1) is 26.2. The molecule has 0 unspecified atom stereocenters. The zero-order valence-corrected chi connectivity index (χ0v) is 22.7. The second-order valence-corrected chi connectivity index (χ2v) is 11.7. The van der Waals surface area contributed by atoms with Gasteiger partial charge in [-0.15, -0.1) is 11.3 Å². The van der Waals surface area contributed by atoms with E-state index in [0.29, 0.717) is 28.0 Å². The summed E-state index contributed by atoms with van der Waals surface area (Å²) in [6, 6.07) is 18.2. The molecule has 5 rings (SSSR count). The van der Waals surface area contributed by atoms with Gasteiger partial charge in [0.25, 0.3) is 15.9 Å². The summed E-state index contributed by atoms with van der Waals surface area (Å²) >= 11 is 13.6. The summed E-state index contributed by atoms with van der Waals surface area (Å²) in [5.74, 6) is -1.47. The van der Waals surface area contributed by atoms with Crippen LogP contribution < -0.4 is 9.62 Å². The SMILES string of the molecule is O=C(COC(=O)c1ccc(Cl)c(S(=O)(=O)N2CCc3ccccc32)c1)Nc1nc(-c2ccccc2Cl)cs1. The minimum absolute atomic E-state index is 0.0261. The summed E-state index contributed by atoms with van der Waals surface area (Å²) < 4.78 is 33.2. The second-order valence-electron chi connectivity index (χ2n) is 8.24. The van der Waals surface area contributed by atoms with E-state index in [1.807, 2.05) is 24.3 Å². The Morgan fingerprint density at radius 3 is 2.61 bits per heavy atom. The molecular formula is C26H19Cl2N3O5S2. The molecule has 8 nitrogen and oxygen atoms in total. The number of sulfonamides is 1. The monoisotopic (exact) mass is 587 g/mol. The van der Waals surface area contributed by atoms with E-state index < -0.39 is 28.5 Å². The number of halogens is 2. The molecule has 38 heavy (non-hydrogen) atoms. The van der Waals surface area contributed by atoms with Crippen LogP contribution in [0.25, 0.3) is 11.3 Å². The topological polar surface area (TPSA) is 106 Å². The minimum atomic E-state index is -4.04. The van der Waals surface area contributed by atoms with E-state index in [1.165, 1.54) is 27.8 Å². The molecule has 2 heterocycles. The summed E-state index contributed by atoms with van der Waals surface area (Å²) in [6.45, 7) is -0.328. The molecule has 0 fully saturated rings. The van der Waals surface area contributed by atoms with Crippen molar-refractivity contribution in [2.75, 3.05) is 22.8 Å². The number of nitrogens with one attached hydrogen (secondary N) is 1.